The molecule has 210 valence electrons. The number of aromatic nitrogens is 4. The molecule has 0 aliphatic carbocycles. The molecule has 1 aliphatic rings. The first kappa shape index (κ1) is 28.1. The Morgan fingerprint density at radius 3 is 2.60 bits per heavy atom. The molecular weight excluding hydrogens is 540 g/mol. The average molecular weight is 577 g/mol. The van der Waals surface area contributed by atoms with Gasteiger partial charge in [-0.2, -0.15) is 0 Å². The summed E-state index contributed by atoms with van der Waals surface area (Å²) in [4.78, 5) is 24.9. The van der Waals surface area contributed by atoms with E-state index in [0.717, 1.165) is 33.9 Å². The summed E-state index contributed by atoms with van der Waals surface area (Å²) in [5.41, 5.74) is 4.49. The Kier molecular flexibility index (Phi) is 7.41. The monoisotopic (exact) mass is 576 g/mol. The van der Waals surface area contributed by atoms with E-state index in [2.05, 4.69) is 44.2 Å². The molecule has 0 saturated carbocycles. The zero-order valence-electron chi connectivity index (χ0n) is 24.2. The standard InChI is InChI=1S/C30H37ClN6O2Si/c1-20-16-32-28(33-26-12-9-13-35(26)5)34-27(20)22-15-24-18-37(29(38)36(24)17-22)25(21-10-8-11-23(31)14-21)19-39-40(6,7)30(2,3)4/h8-17,25H,18-19H2,1-7H3,(H,32,33,34)/t25-/m1/s1. The molecule has 0 unspecified atom stereocenters. The van der Waals surface area contributed by atoms with Gasteiger partial charge in [-0.05, 0) is 66.5 Å². The Morgan fingerprint density at radius 2 is 1.95 bits per heavy atom. The maximum atomic E-state index is 13.8. The van der Waals surface area contributed by atoms with Crippen molar-refractivity contribution in [3.63, 3.8) is 0 Å². The van der Waals surface area contributed by atoms with Gasteiger partial charge in [-0.3, -0.25) is 4.57 Å². The molecule has 8 nitrogen and oxygen atoms in total. The van der Waals surface area contributed by atoms with Crippen molar-refractivity contribution < 1.29 is 9.22 Å². The lowest BCUT2D eigenvalue weighted by molar-refractivity contribution is 0.144. The average Bonchev–Trinajstić information content (AvgIpc) is 3.56. The molecule has 0 saturated heterocycles. The molecule has 4 heterocycles. The van der Waals surface area contributed by atoms with Crippen molar-refractivity contribution in [2.45, 2.75) is 58.4 Å². The van der Waals surface area contributed by atoms with Crippen LogP contribution >= 0.6 is 11.6 Å². The summed E-state index contributed by atoms with van der Waals surface area (Å²) in [6, 6.07) is 13.4. The molecule has 10 heteroatoms. The number of carbonyl (C=O) groups is 1. The van der Waals surface area contributed by atoms with Crippen LogP contribution in [0, 0.1) is 6.92 Å². The fourth-order valence-electron chi connectivity index (χ4n) is 4.65. The molecule has 1 amide bonds. The number of nitrogens with zero attached hydrogens (tertiary/aromatic N) is 5. The Labute approximate surface area is 242 Å². The van der Waals surface area contributed by atoms with E-state index in [0.29, 0.717) is 24.1 Å². The topological polar surface area (TPSA) is 77.2 Å². The number of carbonyl (C=O) groups excluding carboxylic acids is 1. The first-order valence-corrected chi connectivity index (χ1v) is 16.8. The van der Waals surface area contributed by atoms with E-state index in [4.69, 9.17) is 21.0 Å². The Balaban J connectivity index is 1.42. The molecule has 0 spiro atoms. The summed E-state index contributed by atoms with van der Waals surface area (Å²) in [6.07, 6.45) is 5.64. The highest BCUT2D eigenvalue weighted by Crippen LogP contribution is 2.39. The Morgan fingerprint density at radius 1 is 1.18 bits per heavy atom. The molecule has 40 heavy (non-hydrogen) atoms. The van der Waals surface area contributed by atoms with Gasteiger partial charge in [0, 0.05) is 41.9 Å². The predicted molar refractivity (Wildman–Crippen MR) is 163 cm³/mol. The molecule has 1 aliphatic heterocycles. The van der Waals surface area contributed by atoms with Crippen LogP contribution in [0.2, 0.25) is 23.2 Å². The number of rotatable bonds is 8. The number of benzene rings is 1. The minimum Gasteiger partial charge on any atom is -0.414 e. The van der Waals surface area contributed by atoms with Crippen LogP contribution in [0.5, 0.6) is 0 Å². The second-order valence-corrected chi connectivity index (χ2v) is 17.2. The number of hydrogen-bond donors (Lipinski definition) is 1. The number of amides is 1. The van der Waals surface area contributed by atoms with Crippen LogP contribution in [0.1, 0.15) is 43.6 Å². The van der Waals surface area contributed by atoms with E-state index in [1.54, 1.807) is 10.8 Å². The Bertz CT molecular complexity index is 1550. The van der Waals surface area contributed by atoms with Crippen molar-refractivity contribution in [2.75, 3.05) is 11.9 Å². The molecule has 5 rings (SSSR count). The third-order valence-corrected chi connectivity index (χ3v) is 12.9. The van der Waals surface area contributed by atoms with Gasteiger partial charge < -0.3 is 19.2 Å². The Hall–Kier alpha value is -3.40. The van der Waals surface area contributed by atoms with E-state index < -0.39 is 8.32 Å². The van der Waals surface area contributed by atoms with Crippen molar-refractivity contribution in [1.82, 2.24) is 24.0 Å². The number of fused-ring (bicyclic) bond motifs is 1. The van der Waals surface area contributed by atoms with Crippen LogP contribution in [-0.4, -0.2) is 45.0 Å². The van der Waals surface area contributed by atoms with Gasteiger partial charge in [0.15, 0.2) is 8.32 Å². The van der Waals surface area contributed by atoms with Crippen LogP contribution in [0.4, 0.5) is 16.6 Å². The van der Waals surface area contributed by atoms with Gasteiger partial charge in [-0.15, -0.1) is 0 Å². The van der Waals surface area contributed by atoms with Crippen molar-refractivity contribution in [1.29, 1.82) is 0 Å². The maximum Gasteiger partial charge on any atom is 0.329 e. The first-order valence-electron chi connectivity index (χ1n) is 13.5. The second-order valence-electron chi connectivity index (χ2n) is 12.0. The number of aryl methyl sites for hydroxylation is 2. The largest absolute Gasteiger partial charge is 0.414 e. The van der Waals surface area contributed by atoms with Crippen LogP contribution < -0.4 is 5.32 Å². The third kappa shape index (κ3) is 5.46. The lowest BCUT2D eigenvalue weighted by atomic mass is 10.1. The quantitative estimate of drug-likeness (QED) is 0.219. The lowest BCUT2D eigenvalue weighted by Gasteiger charge is -2.38. The van der Waals surface area contributed by atoms with Gasteiger partial charge in [0.2, 0.25) is 5.95 Å². The normalized spacial score (nSPS) is 14.5. The highest BCUT2D eigenvalue weighted by atomic mass is 35.5. The molecule has 1 atom stereocenters. The molecule has 3 aromatic heterocycles. The van der Waals surface area contributed by atoms with E-state index >= 15 is 0 Å². The third-order valence-electron chi connectivity index (χ3n) is 8.13. The van der Waals surface area contributed by atoms with Crippen LogP contribution in [0.3, 0.4) is 0 Å². The minimum absolute atomic E-state index is 0.0599. The van der Waals surface area contributed by atoms with Gasteiger partial charge in [0.05, 0.1) is 24.9 Å². The number of anilines is 2. The van der Waals surface area contributed by atoms with Crippen molar-refractivity contribution in [3.8, 4) is 11.3 Å². The summed E-state index contributed by atoms with van der Waals surface area (Å²) in [5, 5.41) is 3.97. The molecule has 1 aromatic carbocycles. The smallest absolute Gasteiger partial charge is 0.329 e. The summed E-state index contributed by atoms with van der Waals surface area (Å²) in [5.74, 6) is 1.40. The summed E-state index contributed by atoms with van der Waals surface area (Å²) in [6.45, 7) is 14.0. The molecule has 4 aromatic rings. The molecule has 0 radical (unpaired) electrons. The van der Waals surface area contributed by atoms with Crippen LogP contribution in [0.25, 0.3) is 11.3 Å². The van der Waals surface area contributed by atoms with Crippen molar-refractivity contribution in [2.24, 2.45) is 7.05 Å². The van der Waals surface area contributed by atoms with Gasteiger partial charge in [-0.25, -0.2) is 14.8 Å². The van der Waals surface area contributed by atoms with Crippen molar-refractivity contribution in [3.05, 3.63) is 82.9 Å². The number of hydrogen-bond acceptors (Lipinski definition) is 5. The van der Waals surface area contributed by atoms with Crippen LogP contribution in [0.15, 0.2) is 61.1 Å². The summed E-state index contributed by atoms with van der Waals surface area (Å²) in [7, 11) is -0.0829. The van der Waals surface area contributed by atoms with Gasteiger partial charge in [0.25, 0.3) is 0 Å². The highest BCUT2D eigenvalue weighted by Gasteiger charge is 2.40. The molecule has 1 N–H and O–H groups in total. The lowest BCUT2D eigenvalue weighted by Crippen LogP contribution is -2.44. The minimum atomic E-state index is -2.04. The zero-order valence-corrected chi connectivity index (χ0v) is 26.0. The molecule has 0 bridgehead atoms. The fourth-order valence-corrected chi connectivity index (χ4v) is 5.85. The second kappa shape index (κ2) is 10.5. The fraction of sp³-hybridized carbons (Fsp3) is 0.367. The SMILES string of the molecule is Cc1cnc(Nc2cccn2C)nc1-c1cc2n(c1)C(=O)N([C@H](CO[Si](C)(C)C(C)(C)C)c1cccc(Cl)c1)C2. The van der Waals surface area contributed by atoms with Gasteiger partial charge in [0.1, 0.15) is 5.82 Å². The molecular formula is C30H37ClN6O2Si. The predicted octanol–water partition coefficient (Wildman–Crippen LogP) is 7.54. The number of halogens is 1. The van der Waals surface area contributed by atoms with Gasteiger partial charge >= 0.3 is 6.03 Å². The first-order chi connectivity index (χ1) is 18.8. The van der Waals surface area contributed by atoms with E-state index in [9.17, 15) is 4.79 Å². The summed E-state index contributed by atoms with van der Waals surface area (Å²) < 4.78 is 10.3. The van der Waals surface area contributed by atoms with E-state index in [1.165, 1.54) is 0 Å². The van der Waals surface area contributed by atoms with Crippen LogP contribution in [-0.2, 0) is 18.0 Å². The van der Waals surface area contributed by atoms with E-state index in [-0.39, 0.29) is 17.1 Å². The highest BCUT2D eigenvalue weighted by molar-refractivity contribution is 6.74. The van der Waals surface area contributed by atoms with Crippen molar-refractivity contribution >= 4 is 37.7 Å². The summed E-state index contributed by atoms with van der Waals surface area (Å²) >= 11 is 6.37. The number of nitrogens with one attached hydrogen (secondary N) is 1. The molecule has 0 fully saturated rings. The van der Waals surface area contributed by atoms with E-state index in [1.807, 2.05) is 78.3 Å². The van der Waals surface area contributed by atoms with Gasteiger partial charge in [-0.1, -0.05) is 44.5 Å². The zero-order chi connectivity index (χ0) is 28.8. The maximum absolute atomic E-state index is 13.8.